The molecule has 3 nitrogen and oxygen atoms in total. The topological polar surface area (TPSA) is 35.5 Å². The van der Waals surface area contributed by atoms with Crippen LogP contribution in [0.3, 0.4) is 0 Å². The number of esters is 1. The number of carbonyl (C=O) groups is 1. The summed E-state index contributed by atoms with van der Waals surface area (Å²) in [6.45, 7) is 11.1. The van der Waals surface area contributed by atoms with Crippen molar-refractivity contribution >= 4 is 18.6 Å². The molecule has 0 fully saturated rings. The first kappa shape index (κ1) is 17.4. The zero-order valence-corrected chi connectivity index (χ0v) is 12.7. The molecule has 0 aromatic heterocycles. The first-order chi connectivity index (χ1) is 8.41. The predicted molar refractivity (Wildman–Crippen MR) is 77.8 cm³/mol. The van der Waals surface area contributed by atoms with Crippen LogP contribution in [0, 0.1) is 5.92 Å². The molecule has 1 atom stereocenters. The number of carbonyl (C=O) groups excluding carboxylic acids is 1. The van der Waals surface area contributed by atoms with Crippen LogP contribution in [0.4, 0.5) is 0 Å². The second-order valence-electron chi connectivity index (χ2n) is 4.97. The summed E-state index contributed by atoms with van der Waals surface area (Å²) < 4.78 is 10.5. The molecule has 0 amide bonds. The molecule has 0 saturated heterocycles. The van der Waals surface area contributed by atoms with E-state index in [1.165, 1.54) is 0 Å². The quantitative estimate of drug-likeness (QED) is 0.286. The van der Waals surface area contributed by atoms with Gasteiger partial charge in [-0.25, -0.2) is 0 Å². The lowest BCUT2D eigenvalue weighted by Gasteiger charge is -2.11. The molecule has 0 spiro atoms. The Labute approximate surface area is 116 Å². The Balaban J connectivity index is 3.36. The lowest BCUT2D eigenvalue weighted by atomic mass is 10.1. The van der Waals surface area contributed by atoms with E-state index < -0.39 is 0 Å². The van der Waals surface area contributed by atoms with E-state index >= 15 is 0 Å². The summed E-state index contributed by atoms with van der Waals surface area (Å²) in [5.41, 5.74) is 0. The number of unbranched alkanes of at least 4 members (excludes halogenated alkanes) is 1. The molecule has 0 aliphatic rings. The van der Waals surface area contributed by atoms with Gasteiger partial charge in [0, 0.05) is 11.7 Å². The van der Waals surface area contributed by atoms with Gasteiger partial charge in [0.2, 0.25) is 0 Å². The molecule has 0 aromatic rings. The molecule has 0 aliphatic heterocycles. The highest BCUT2D eigenvalue weighted by atomic mass is 32.1. The predicted octanol–water partition coefficient (Wildman–Crippen LogP) is 3.59. The van der Waals surface area contributed by atoms with Crippen molar-refractivity contribution in [3.05, 3.63) is 12.3 Å². The second-order valence-corrected chi connectivity index (χ2v) is 5.85. The summed E-state index contributed by atoms with van der Waals surface area (Å²) in [6, 6.07) is 0. The molecule has 1 unspecified atom stereocenters. The van der Waals surface area contributed by atoms with Crippen LogP contribution in [-0.4, -0.2) is 24.4 Å². The molecule has 0 rings (SSSR count). The third-order valence-electron chi connectivity index (χ3n) is 2.21. The van der Waals surface area contributed by atoms with Gasteiger partial charge < -0.3 is 9.47 Å². The largest absolute Gasteiger partial charge is 0.499 e. The van der Waals surface area contributed by atoms with Gasteiger partial charge in [-0.05, 0) is 18.8 Å². The third kappa shape index (κ3) is 11.8. The van der Waals surface area contributed by atoms with Crippen LogP contribution < -0.4 is 0 Å². The van der Waals surface area contributed by atoms with Crippen molar-refractivity contribution < 1.29 is 14.3 Å². The Bertz CT molecular complexity index is 223. The van der Waals surface area contributed by atoms with E-state index in [1.807, 2.05) is 6.92 Å². The minimum atomic E-state index is -0.178. The second kappa shape index (κ2) is 10.3. The zero-order valence-electron chi connectivity index (χ0n) is 11.8. The zero-order chi connectivity index (χ0) is 14.0. The molecule has 4 heteroatoms. The Hall–Kier alpha value is -0.640. The number of allylic oxidation sites excluding steroid dienone is 1. The first-order valence-electron chi connectivity index (χ1n) is 6.56. The lowest BCUT2D eigenvalue weighted by Crippen LogP contribution is -2.10. The van der Waals surface area contributed by atoms with E-state index in [1.54, 1.807) is 0 Å². The fourth-order valence-electron chi connectivity index (χ4n) is 1.42. The number of ether oxygens (including phenoxy) is 2. The summed E-state index contributed by atoms with van der Waals surface area (Å²) in [6.07, 6.45) is 2.96. The van der Waals surface area contributed by atoms with Crippen molar-refractivity contribution in [1.82, 2.24) is 0 Å². The molecule has 0 saturated carbocycles. The average Bonchev–Trinajstić information content (AvgIpc) is 2.20. The molecule has 0 aliphatic carbocycles. The van der Waals surface area contributed by atoms with E-state index in [2.05, 4.69) is 33.1 Å². The van der Waals surface area contributed by atoms with Gasteiger partial charge in [-0.1, -0.05) is 27.4 Å². The van der Waals surface area contributed by atoms with E-state index in [9.17, 15) is 4.79 Å². The Morgan fingerprint density at radius 2 is 1.67 bits per heavy atom. The SMILES string of the molecule is C=C(CC(C)C)OCCCCOC(=O)CC(C)S. The highest BCUT2D eigenvalue weighted by Crippen LogP contribution is 2.10. The monoisotopic (exact) mass is 274 g/mol. The lowest BCUT2D eigenvalue weighted by molar-refractivity contribution is -0.143. The molecule has 0 N–H and O–H groups in total. The number of hydrogen-bond donors (Lipinski definition) is 1. The fourth-order valence-corrected chi connectivity index (χ4v) is 1.57. The van der Waals surface area contributed by atoms with Crippen LogP contribution in [0.2, 0.25) is 0 Å². The summed E-state index contributed by atoms with van der Waals surface area (Å²) in [5.74, 6) is 1.23. The smallest absolute Gasteiger partial charge is 0.306 e. The summed E-state index contributed by atoms with van der Waals surface area (Å²) in [7, 11) is 0. The molecular formula is C14H26O3S. The molecule has 18 heavy (non-hydrogen) atoms. The van der Waals surface area contributed by atoms with Gasteiger partial charge >= 0.3 is 5.97 Å². The van der Waals surface area contributed by atoms with Crippen LogP contribution in [-0.2, 0) is 14.3 Å². The molecule has 0 radical (unpaired) electrons. The van der Waals surface area contributed by atoms with E-state index in [0.29, 0.717) is 25.6 Å². The Kier molecular flexibility index (Phi) is 9.93. The average molecular weight is 274 g/mol. The summed E-state index contributed by atoms with van der Waals surface area (Å²) in [5, 5.41) is 0.0557. The summed E-state index contributed by atoms with van der Waals surface area (Å²) in [4.78, 5) is 11.2. The van der Waals surface area contributed by atoms with Gasteiger partial charge in [-0.2, -0.15) is 12.6 Å². The van der Waals surface area contributed by atoms with Crippen LogP contribution in [0.15, 0.2) is 12.3 Å². The normalized spacial score (nSPS) is 12.3. The highest BCUT2D eigenvalue weighted by molar-refractivity contribution is 7.80. The molecule has 106 valence electrons. The standard InChI is InChI=1S/C14H26O3S/c1-11(2)9-12(3)16-7-5-6-8-17-14(15)10-13(4)18/h11,13,18H,3,5-10H2,1-2,4H3. The van der Waals surface area contributed by atoms with Crippen molar-refractivity contribution in [2.24, 2.45) is 5.92 Å². The van der Waals surface area contributed by atoms with Crippen molar-refractivity contribution in [2.45, 2.75) is 51.7 Å². The first-order valence-corrected chi connectivity index (χ1v) is 7.07. The highest BCUT2D eigenvalue weighted by Gasteiger charge is 2.06. The minimum Gasteiger partial charge on any atom is -0.499 e. The maximum atomic E-state index is 11.2. The van der Waals surface area contributed by atoms with Crippen molar-refractivity contribution in [3.8, 4) is 0 Å². The minimum absolute atomic E-state index is 0.0557. The van der Waals surface area contributed by atoms with Crippen molar-refractivity contribution in [2.75, 3.05) is 13.2 Å². The van der Waals surface area contributed by atoms with Gasteiger partial charge in [0.1, 0.15) is 0 Å². The Morgan fingerprint density at radius 3 is 2.17 bits per heavy atom. The van der Waals surface area contributed by atoms with Crippen molar-refractivity contribution in [3.63, 3.8) is 0 Å². The molecule has 0 aromatic carbocycles. The van der Waals surface area contributed by atoms with Crippen LogP contribution in [0.25, 0.3) is 0 Å². The maximum absolute atomic E-state index is 11.2. The van der Waals surface area contributed by atoms with Gasteiger partial charge in [-0.15, -0.1) is 0 Å². The van der Waals surface area contributed by atoms with Gasteiger partial charge in [0.15, 0.2) is 0 Å². The van der Waals surface area contributed by atoms with Crippen LogP contribution >= 0.6 is 12.6 Å². The number of hydrogen-bond acceptors (Lipinski definition) is 4. The van der Waals surface area contributed by atoms with Crippen molar-refractivity contribution in [1.29, 1.82) is 0 Å². The van der Waals surface area contributed by atoms with Crippen LogP contribution in [0.1, 0.15) is 46.5 Å². The van der Waals surface area contributed by atoms with E-state index in [4.69, 9.17) is 9.47 Å². The van der Waals surface area contributed by atoms with Gasteiger partial charge in [0.05, 0.1) is 25.4 Å². The third-order valence-corrected chi connectivity index (χ3v) is 2.39. The van der Waals surface area contributed by atoms with Gasteiger partial charge in [-0.3, -0.25) is 4.79 Å². The number of thiol groups is 1. The number of rotatable bonds is 10. The maximum Gasteiger partial charge on any atom is 0.306 e. The van der Waals surface area contributed by atoms with Gasteiger partial charge in [0.25, 0.3) is 0 Å². The summed E-state index contributed by atoms with van der Waals surface area (Å²) >= 11 is 4.13. The molecule has 0 heterocycles. The Morgan fingerprint density at radius 1 is 1.11 bits per heavy atom. The molecular weight excluding hydrogens is 248 g/mol. The molecule has 0 bridgehead atoms. The van der Waals surface area contributed by atoms with E-state index in [0.717, 1.165) is 25.0 Å². The van der Waals surface area contributed by atoms with E-state index in [-0.39, 0.29) is 11.2 Å². The fraction of sp³-hybridized carbons (Fsp3) is 0.786. The van der Waals surface area contributed by atoms with Crippen LogP contribution in [0.5, 0.6) is 0 Å².